The Kier molecular flexibility index (Phi) is 3.46. The molecule has 0 unspecified atom stereocenters. The standard InChI is InChI=1S/C11H17N3O2S/c1-8-9(17-7-13-8)5-14-3-4-16-11(2,6-14)10(12)15/h7H,3-6H2,1-2H3,(H2,12,15)/t11-/m0/s1. The number of carbonyl (C=O) groups is 1. The third-order valence-corrected chi connectivity index (χ3v) is 4.01. The second-order valence-corrected chi connectivity index (χ2v) is 5.45. The molecule has 0 aliphatic carbocycles. The molecule has 1 aliphatic rings. The highest BCUT2D eigenvalue weighted by Gasteiger charge is 2.37. The quantitative estimate of drug-likeness (QED) is 0.855. The van der Waals surface area contributed by atoms with Crippen LogP contribution in [0.2, 0.25) is 0 Å². The highest BCUT2D eigenvalue weighted by atomic mass is 32.1. The monoisotopic (exact) mass is 255 g/mol. The van der Waals surface area contributed by atoms with Crippen molar-refractivity contribution >= 4 is 17.2 Å². The molecule has 0 bridgehead atoms. The lowest BCUT2D eigenvalue weighted by Gasteiger charge is -2.38. The largest absolute Gasteiger partial charge is 0.367 e. The average molecular weight is 255 g/mol. The van der Waals surface area contributed by atoms with Gasteiger partial charge in [-0.05, 0) is 13.8 Å². The van der Waals surface area contributed by atoms with Crippen molar-refractivity contribution in [1.29, 1.82) is 0 Å². The number of amides is 1. The van der Waals surface area contributed by atoms with Gasteiger partial charge in [-0.3, -0.25) is 9.69 Å². The first-order valence-corrected chi connectivity index (χ1v) is 6.44. The van der Waals surface area contributed by atoms with E-state index in [2.05, 4.69) is 9.88 Å². The fraction of sp³-hybridized carbons (Fsp3) is 0.636. The van der Waals surface area contributed by atoms with E-state index in [0.29, 0.717) is 13.2 Å². The molecule has 5 nitrogen and oxygen atoms in total. The first kappa shape index (κ1) is 12.5. The molecule has 1 atom stereocenters. The van der Waals surface area contributed by atoms with Crippen LogP contribution in [0.25, 0.3) is 0 Å². The van der Waals surface area contributed by atoms with Crippen LogP contribution in [0.15, 0.2) is 5.51 Å². The maximum atomic E-state index is 11.4. The van der Waals surface area contributed by atoms with Crippen molar-refractivity contribution in [2.45, 2.75) is 26.0 Å². The van der Waals surface area contributed by atoms with Crippen LogP contribution in [-0.2, 0) is 16.1 Å². The molecule has 1 aliphatic heterocycles. The van der Waals surface area contributed by atoms with Gasteiger partial charge in [-0.25, -0.2) is 4.98 Å². The van der Waals surface area contributed by atoms with E-state index in [9.17, 15) is 4.79 Å². The molecule has 1 fully saturated rings. The van der Waals surface area contributed by atoms with E-state index in [1.54, 1.807) is 18.3 Å². The van der Waals surface area contributed by atoms with E-state index in [0.717, 1.165) is 18.8 Å². The van der Waals surface area contributed by atoms with Gasteiger partial charge in [0.15, 0.2) is 5.60 Å². The van der Waals surface area contributed by atoms with E-state index in [1.165, 1.54) is 4.88 Å². The molecule has 17 heavy (non-hydrogen) atoms. The van der Waals surface area contributed by atoms with Crippen molar-refractivity contribution in [1.82, 2.24) is 9.88 Å². The van der Waals surface area contributed by atoms with Gasteiger partial charge in [0, 0.05) is 24.5 Å². The summed E-state index contributed by atoms with van der Waals surface area (Å²) in [6.07, 6.45) is 0. The van der Waals surface area contributed by atoms with Crippen molar-refractivity contribution in [3.05, 3.63) is 16.1 Å². The minimum Gasteiger partial charge on any atom is -0.367 e. The maximum absolute atomic E-state index is 11.4. The minimum absolute atomic E-state index is 0.400. The van der Waals surface area contributed by atoms with Gasteiger partial charge in [0.25, 0.3) is 5.91 Å². The van der Waals surface area contributed by atoms with Gasteiger partial charge in [0.1, 0.15) is 0 Å². The lowest BCUT2D eigenvalue weighted by molar-refractivity contribution is -0.153. The number of nitrogens with zero attached hydrogens (tertiary/aromatic N) is 2. The van der Waals surface area contributed by atoms with Crippen LogP contribution in [0.1, 0.15) is 17.5 Å². The maximum Gasteiger partial charge on any atom is 0.250 e. The summed E-state index contributed by atoms with van der Waals surface area (Å²) >= 11 is 1.64. The Morgan fingerprint density at radius 3 is 3.12 bits per heavy atom. The molecule has 0 aromatic carbocycles. The summed E-state index contributed by atoms with van der Waals surface area (Å²) in [7, 11) is 0. The van der Waals surface area contributed by atoms with E-state index in [4.69, 9.17) is 10.5 Å². The van der Waals surface area contributed by atoms with Crippen molar-refractivity contribution in [2.75, 3.05) is 19.7 Å². The molecule has 2 N–H and O–H groups in total. The first-order valence-electron chi connectivity index (χ1n) is 5.56. The number of aromatic nitrogens is 1. The number of hydrogen-bond acceptors (Lipinski definition) is 5. The Morgan fingerprint density at radius 2 is 2.53 bits per heavy atom. The van der Waals surface area contributed by atoms with Crippen molar-refractivity contribution in [3.63, 3.8) is 0 Å². The van der Waals surface area contributed by atoms with Crippen LogP contribution in [0.5, 0.6) is 0 Å². The molecule has 0 spiro atoms. The second-order valence-electron chi connectivity index (χ2n) is 4.52. The fourth-order valence-electron chi connectivity index (χ4n) is 1.92. The second kappa shape index (κ2) is 4.72. The van der Waals surface area contributed by atoms with E-state index < -0.39 is 11.5 Å². The number of thiazole rings is 1. The third kappa shape index (κ3) is 2.65. The number of carbonyl (C=O) groups excluding carboxylic acids is 1. The smallest absolute Gasteiger partial charge is 0.250 e. The molecule has 1 saturated heterocycles. The van der Waals surface area contributed by atoms with Crippen molar-refractivity contribution in [3.8, 4) is 0 Å². The fourth-order valence-corrected chi connectivity index (χ4v) is 2.73. The van der Waals surface area contributed by atoms with Gasteiger partial charge in [-0.2, -0.15) is 0 Å². The predicted molar refractivity (Wildman–Crippen MR) is 65.7 cm³/mol. The SMILES string of the molecule is Cc1ncsc1CN1CCO[C@](C)(C(N)=O)C1. The van der Waals surface area contributed by atoms with Crippen LogP contribution in [0, 0.1) is 6.92 Å². The van der Waals surface area contributed by atoms with Crippen LogP contribution in [-0.4, -0.2) is 41.1 Å². The van der Waals surface area contributed by atoms with Crippen LogP contribution in [0.3, 0.4) is 0 Å². The van der Waals surface area contributed by atoms with Gasteiger partial charge < -0.3 is 10.5 Å². The Bertz CT molecular complexity index is 421. The summed E-state index contributed by atoms with van der Waals surface area (Å²) in [5, 5.41) is 0. The summed E-state index contributed by atoms with van der Waals surface area (Å²) in [6.45, 7) is 6.46. The molecule has 1 amide bonds. The van der Waals surface area contributed by atoms with Gasteiger partial charge in [-0.15, -0.1) is 11.3 Å². The first-order chi connectivity index (χ1) is 8.01. The minimum atomic E-state index is -0.864. The van der Waals surface area contributed by atoms with E-state index in [-0.39, 0.29) is 0 Å². The molecular formula is C11H17N3O2S. The zero-order valence-corrected chi connectivity index (χ0v) is 10.9. The number of ether oxygens (including phenoxy) is 1. The molecule has 0 saturated carbocycles. The molecule has 0 radical (unpaired) electrons. The van der Waals surface area contributed by atoms with Crippen molar-refractivity contribution < 1.29 is 9.53 Å². The van der Waals surface area contributed by atoms with Gasteiger partial charge in [-0.1, -0.05) is 0 Å². The topological polar surface area (TPSA) is 68.5 Å². The predicted octanol–water partition coefficient (Wildman–Crippen LogP) is 0.528. The molecular weight excluding hydrogens is 238 g/mol. The van der Waals surface area contributed by atoms with Crippen LogP contribution in [0.4, 0.5) is 0 Å². The zero-order chi connectivity index (χ0) is 12.5. The highest BCUT2D eigenvalue weighted by molar-refractivity contribution is 7.09. The summed E-state index contributed by atoms with van der Waals surface area (Å²) in [4.78, 5) is 19.0. The van der Waals surface area contributed by atoms with E-state index >= 15 is 0 Å². The number of rotatable bonds is 3. The molecule has 6 heteroatoms. The molecule has 2 rings (SSSR count). The number of primary amides is 1. The molecule has 2 heterocycles. The molecule has 1 aromatic rings. The lowest BCUT2D eigenvalue weighted by atomic mass is 10.0. The molecule has 1 aromatic heterocycles. The summed E-state index contributed by atoms with van der Waals surface area (Å²) in [5.74, 6) is -0.400. The number of aryl methyl sites for hydroxylation is 1. The van der Waals surface area contributed by atoms with Gasteiger partial charge in [0.05, 0.1) is 17.8 Å². The Hall–Kier alpha value is -0.980. The van der Waals surface area contributed by atoms with Crippen LogP contribution >= 0.6 is 11.3 Å². The molecule has 94 valence electrons. The summed E-state index contributed by atoms with van der Waals surface area (Å²) < 4.78 is 5.48. The number of nitrogens with two attached hydrogens (primary N) is 1. The van der Waals surface area contributed by atoms with Crippen molar-refractivity contribution in [2.24, 2.45) is 5.73 Å². The lowest BCUT2D eigenvalue weighted by Crippen LogP contribution is -2.56. The Balaban J connectivity index is 2.03. The zero-order valence-electron chi connectivity index (χ0n) is 10.1. The van der Waals surface area contributed by atoms with Gasteiger partial charge >= 0.3 is 0 Å². The number of hydrogen-bond donors (Lipinski definition) is 1. The third-order valence-electron chi connectivity index (χ3n) is 3.09. The summed E-state index contributed by atoms with van der Waals surface area (Å²) in [5.41, 5.74) is 7.41. The Morgan fingerprint density at radius 1 is 1.76 bits per heavy atom. The van der Waals surface area contributed by atoms with Gasteiger partial charge in [0.2, 0.25) is 0 Å². The Labute approximate surface area is 105 Å². The highest BCUT2D eigenvalue weighted by Crippen LogP contribution is 2.21. The average Bonchev–Trinajstić information content (AvgIpc) is 2.64. The summed E-state index contributed by atoms with van der Waals surface area (Å²) in [6, 6.07) is 0. The number of morpholine rings is 1. The van der Waals surface area contributed by atoms with Crippen LogP contribution < -0.4 is 5.73 Å². The normalized spacial score (nSPS) is 26.0. The van der Waals surface area contributed by atoms with E-state index in [1.807, 2.05) is 12.4 Å².